The van der Waals surface area contributed by atoms with Crippen molar-refractivity contribution in [1.29, 1.82) is 0 Å². The van der Waals surface area contributed by atoms with Crippen LogP contribution < -0.4 is 9.47 Å². The zero-order valence-corrected chi connectivity index (χ0v) is 17.9. The van der Waals surface area contributed by atoms with Gasteiger partial charge in [-0.2, -0.15) is 0 Å². The van der Waals surface area contributed by atoms with E-state index < -0.39 is 0 Å². The molecule has 0 heterocycles. The lowest BCUT2D eigenvalue weighted by atomic mass is 10.1. The zero-order valence-electron chi connectivity index (χ0n) is 17.9. The van der Waals surface area contributed by atoms with Crippen molar-refractivity contribution in [2.24, 2.45) is 0 Å². The molecule has 0 N–H and O–H groups in total. The van der Waals surface area contributed by atoms with Crippen molar-refractivity contribution in [1.82, 2.24) is 0 Å². The van der Waals surface area contributed by atoms with Gasteiger partial charge in [0, 0.05) is 0 Å². The molecule has 0 saturated heterocycles. The third-order valence-corrected chi connectivity index (χ3v) is 5.04. The zero-order chi connectivity index (χ0) is 21.1. The summed E-state index contributed by atoms with van der Waals surface area (Å²) >= 11 is 0. The van der Waals surface area contributed by atoms with Crippen LogP contribution in [0.5, 0.6) is 11.5 Å². The van der Waals surface area contributed by atoms with Gasteiger partial charge in [0.25, 0.3) is 0 Å². The summed E-state index contributed by atoms with van der Waals surface area (Å²) in [5.41, 5.74) is 2.52. The van der Waals surface area contributed by atoms with E-state index in [2.05, 4.69) is 74.5 Å². The fourth-order valence-corrected chi connectivity index (χ4v) is 3.49. The maximum Gasteiger partial charge on any atom is 0.127 e. The number of allylic oxidation sites excluding steroid dienone is 4. The molecule has 30 heavy (non-hydrogen) atoms. The van der Waals surface area contributed by atoms with Gasteiger partial charge < -0.3 is 9.47 Å². The molecule has 0 bridgehead atoms. The van der Waals surface area contributed by atoms with Crippen molar-refractivity contribution in [3.05, 3.63) is 108 Å². The van der Waals surface area contributed by atoms with Gasteiger partial charge >= 0.3 is 0 Å². The average Bonchev–Trinajstić information content (AvgIpc) is 2.72. The smallest absolute Gasteiger partial charge is 0.127 e. The molecule has 0 saturated carbocycles. The number of fused-ring (bicyclic) bond motifs is 2. The number of hydrogen-bond donors (Lipinski definition) is 0. The molecule has 0 radical (unpaired) electrons. The standard InChI is InChI=1S/C28H26O2/c1-19-5-9-25-17-27(13-11-23(25)15-19)29-21(3)7-8-22(4)30-28-14-12-24-16-20(2)6-10-26(24)18-28/h5-18H,1-4H3/b21-7+,22-8+. The van der Waals surface area contributed by atoms with Crippen LogP contribution in [0.25, 0.3) is 21.5 Å². The summed E-state index contributed by atoms with van der Waals surface area (Å²) in [4.78, 5) is 0. The molecule has 4 aromatic rings. The lowest BCUT2D eigenvalue weighted by Gasteiger charge is -2.09. The Labute approximate surface area is 178 Å². The second-order valence-electron chi connectivity index (χ2n) is 7.78. The molecule has 0 amide bonds. The summed E-state index contributed by atoms with van der Waals surface area (Å²) in [6.07, 6.45) is 3.86. The van der Waals surface area contributed by atoms with Crippen molar-refractivity contribution < 1.29 is 9.47 Å². The van der Waals surface area contributed by atoms with E-state index in [1.54, 1.807) is 0 Å². The Morgan fingerprint density at radius 3 is 1.33 bits per heavy atom. The number of rotatable bonds is 5. The maximum atomic E-state index is 5.98. The van der Waals surface area contributed by atoms with Gasteiger partial charge in [-0.15, -0.1) is 0 Å². The lowest BCUT2D eigenvalue weighted by Crippen LogP contribution is -1.93. The first-order valence-corrected chi connectivity index (χ1v) is 10.2. The van der Waals surface area contributed by atoms with Gasteiger partial charge in [-0.05, 0) is 85.7 Å². The van der Waals surface area contributed by atoms with Crippen molar-refractivity contribution in [2.45, 2.75) is 27.7 Å². The first-order chi connectivity index (χ1) is 14.5. The largest absolute Gasteiger partial charge is 0.462 e. The van der Waals surface area contributed by atoms with Gasteiger partial charge in [0.15, 0.2) is 0 Å². The van der Waals surface area contributed by atoms with E-state index in [1.165, 1.54) is 32.7 Å². The maximum absolute atomic E-state index is 5.98. The van der Waals surface area contributed by atoms with Crippen LogP contribution in [0.3, 0.4) is 0 Å². The molecule has 0 spiro atoms. The molecule has 0 aliphatic carbocycles. The monoisotopic (exact) mass is 394 g/mol. The molecule has 4 rings (SSSR count). The molecule has 0 fully saturated rings. The fraction of sp³-hybridized carbons (Fsp3) is 0.143. The summed E-state index contributed by atoms with van der Waals surface area (Å²) in [5, 5.41) is 4.79. The highest BCUT2D eigenvalue weighted by molar-refractivity contribution is 5.85. The molecule has 0 aliphatic heterocycles. The van der Waals surface area contributed by atoms with Crippen molar-refractivity contribution in [3.63, 3.8) is 0 Å². The van der Waals surface area contributed by atoms with Crippen molar-refractivity contribution in [2.75, 3.05) is 0 Å². The van der Waals surface area contributed by atoms with E-state index in [0.717, 1.165) is 23.0 Å². The molecule has 0 aliphatic rings. The molecule has 2 nitrogen and oxygen atoms in total. The molecular weight excluding hydrogens is 368 g/mol. The van der Waals surface area contributed by atoms with Gasteiger partial charge in [0.1, 0.15) is 23.0 Å². The molecule has 0 aromatic heterocycles. The lowest BCUT2D eigenvalue weighted by molar-refractivity contribution is 0.421. The normalized spacial score (nSPS) is 12.4. The predicted molar refractivity (Wildman–Crippen MR) is 126 cm³/mol. The van der Waals surface area contributed by atoms with Gasteiger partial charge in [-0.1, -0.05) is 59.7 Å². The van der Waals surface area contributed by atoms with E-state index in [9.17, 15) is 0 Å². The van der Waals surface area contributed by atoms with Crippen LogP contribution >= 0.6 is 0 Å². The Hall–Kier alpha value is -3.52. The van der Waals surface area contributed by atoms with Crippen LogP contribution in [0.15, 0.2) is 96.5 Å². The highest BCUT2D eigenvalue weighted by Gasteiger charge is 2.01. The Morgan fingerprint density at radius 2 is 0.900 bits per heavy atom. The topological polar surface area (TPSA) is 18.5 Å². The summed E-state index contributed by atoms with van der Waals surface area (Å²) in [5.74, 6) is 3.27. The van der Waals surface area contributed by atoms with Crippen LogP contribution in [0.2, 0.25) is 0 Å². The summed E-state index contributed by atoms with van der Waals surface area (Å²) in [7, 11) is 0. The van der Waals surface area contributed by atoms with Crippen LogP contribution in [-0.2, 0) is 0 Å². The minimum absolute atomic E-state index is 0.804. The van der Waals surface area contributed by atoms with E-state index in [1.807, 2.05) is 38.1 Å². The van der Waals surface area contributed by atoms with Crippen molar-refractivity contribution in [3.8, 4) is 11.5 Å². The van der Waals surface area contributed by atoms with Crippen LogP contribution in [0.1, 0.15) is 25.0 Å². The number of benzene rings is 4. The fourth-order valence-electron chi connectivity index (χ4n) is 3.49. The second kappa shape index (κ2) is 8.46. The minimum atomic E-state index is 0.804. The first-order valence-electron chi connectivity index (χ1n) is 10.2. The molecule has 4 aromatic carbocycles. The third-order valence-electron chi connectivity index (χ3n) is 5.04. The minimum Gasteiger partial charge on any atom is -0.462 e. The van der Waals surface area contributed by atoms with Crippen LogP contribution in [0, 0.1) is 13.8 Å². The van der Waals surface area contributed by atoms with Gasteiger partial charge in [-0.25, -0.2) is 0 Å². The van der Waals surface area contributed by atoms with Gasteiger partial charge in [0.2, 0.25) is 0 Å². The molecule has 2 heteroatoms. The summed E-state index contributed by atoms with van der Waals surface area (Å²) < 4.78 is 12.0. The number of hydrogen-bond acceptors (Lipinski definition) is 2. The summed E-state index contributed by atoms with van der Waals surface area (Å²) in [6, 6.07) is 25.2. The van der Waals surface area contributed by atoms with E-state index in [0.29, 0.717) is 0 Å². The Morgan fingerprint density at radius 1 is 0.533 bits per heavy atom. The van der Waals surface area contributed by atoms with Crippen LogP contribution in [-0.4, -0.2) is 0 Å². The first kappa shape index (κ1) is 19.8. The van der Waals surface area contributed by atoms with Crippen LogP contribution in [0.4, 0.5) is 0 Å². The SMILES string of the molecule is C/C(=C\C=C(/C)Oc1ccc2cc(C)ccc2c1)Oc1ccc2cc(C)ccc2c1. The van der Waals surface area contributed by atoms with E-state index in [4.69, 9.17) is 9.47 Å². The quantitative estimate of drug-likeness (QED) is 0.253. The Bertz CT molecular complexity index is 1180. The predicted octanol–water partition coefficient (Wildman–Crippen LogP) is 7.88. The highest BCUT2D eigenvalue weighted by atomic mass is 16.5. The summed E-state index contributed by atoms with van der Waals surface area (Å²) in [6.45, 7) is 8.10. The molecule has 0 unspecified atom stereocenters. The Balaban J connectivity index is 1.45. The van der Waals surface area contributed by atoms with Gasteiger partial charge in [-0.3, -0.25) is 0 Å². The second-order valence-corrected chi connectivity index (χ2v) is 7.78. The van der Waals surface area contributed by atoms with Crippen molar-refractivity contribution >= 4 is 21.5 Å². The van der Waals surface area contributed by atoms with E-state index >= 15 is 0 Å². The average molecular weight is 395 g/mol. The molecule has 0 atom stereocenters. The number of aryl methyl sites for hydroxylation is 2. The highest BCUT2D eigenvalue weighted by Crippen LogP contribution is 2.25. The third kappa shape index (κ3) is 4.72. The molecule has 150 valence electrons. The van der Waals surface area contributed by atoms with Gasteiger partial charge in [0.05, 0.1) is 0 Å². The van der Waals surface area contributed by atoms with E-state index in [-0.39, 0.29) is 0 Å². The number of ether oxygens (including phenoxy) is 2. The molecular formula is C28H26O2. The Kier molecular flexibility index (Phi) is 5.58.